The van der Waals surface area contributed by atoms with E-state index in [-0.39, 0.29) is 11.3 Å². The summed E-state index contributed by atoms with van der Waals surface area (Å²) in [6, 6.07) is 5.67. The van der Waals surface area contributed by atoms with Gasteiger partial charge in [0.05, 0.1) is 10.9 Å². The summed E-state index contributed by atoms with van der Waals surface area (Å²) >= 11 is 11.6. The standard InChI is InChI=1S/C12H14BrClINO/c1-2-3-8(14)7-16-12(17)10-6-9(15)4-5-11(10)13/h4-6,8H,2-3,7H2,1H3,(H,16,17). The highest BCUT2D eigenvalue weighted by atomic mass is 127. The third kappa shape index (κ3) is 5.14. The summed E-state index contributed by atoms with van der Waals surface area (Å²) in [5.41, 5.74) is 0.650. The summed E-state index contributed by atoms with van der Waals surface area (Å²) in [6.45, 7) is 2.58. The van der Waals surface area contributed by atoms with Crippen LogP contribution in [0.15, 0.2) is 22.7 Å². The van der Waals surface area contributed by atoms with Crippen LogP contribution in [-0.4, -0.2) is 17.8 Å². The number of carbonyl (C=O) groups excluding carboxylic acids is 1. The minimum Gasteiger partial charge on any atom is -0.351 e. The summed E-state index contributed by atoms with van der Waals surface area (Å²) < 4.78 is 1.84. The van der Waals surface area contributed by atoms with E-state index in [1.807, 2.05) is 18.2 Å². The summed E-state index contributed by atoms with van der Waals surface area (Å²) in [7, 11) is 0. The van der Waals surface area contributed by atoms with Gasteiger partial charge in [0.15, 0.2) is 0 Å². The molecule has 0 fully saturated rings. The Morgan fingerprint density at radius 3 is 2.94 bits per heavy atom. The van der Waals surface area contributed by atoms with Gasteiger partial charge in [0.25, 0.3) is 5.91 Å². The predicted octanol–water partition coefficient (Wildman–Crippen LogP) is 4.19. The molecule has 5 heteroatoms. The normalized spacial score (nSPS) is 12.2. The number of rotatable bonds is 5. The van der Waals surface area contributed by atoms with Gasteiger partial charge in [0.2, 0.25) is 0 Å². The molecular weight excluding hydrogens is 416 g/mol. The van der Waals surface area contributed by atoms with Gasteiger partial charge in [-0.25, -0.2) is 0 Å². The molecule has 0 spiro atoms. The van der Waals surface area contributed by atoms with Crippen LogP contribution in [0, 0.1) is 3.57 Å². The maximum atomic E-state index is 11.9. The third-order valence-electron chi connectivity index (χ3n) is 2.26. The smallest absolute Gasteiger partial charge is 0.252 e. The second-order valence-electron chi connectivity index (χ2n) is 3.72. The zero-order valence-corrected chi connectivity index (χ0v) is 14.0. The van der Waals surface area contributed by atoms with Crippen LogP contribution in [0.3, 0.4) is 0 Å². The summed E-state index contributed by atoms with van der Waals surface area (Å²) in [4.78, 5) is 11.9. The quantitative estimate of drug-likeness (QED) is 0.551. The van der Waals surface area contributed by atoms with Crippen molar-refractivity contribution in [3.63, 3.8) is 0 Å². The zero-order chi connectivity index (χ0) is 12.8. The van der Waals surface area contributed by atoms with Crippen LogP contribution in [0.25, 0.3) is 0 Å². The van der Waals surface area contributed by atoms with Crippen molar-refractivity contribution in [2.45, 2.75) is 25.1 Å². The van der Waals surface area contributed by atoms with E-state index in [1.165, 1.54) is 0 Å². The number of hydrogen-bond acceptors (Lipinski definition) is 1. The predicted molar refractivity (Wildman–Crippen MR) is 83.7 cm³/mol. The molecule has 1 rings (SSSR count). The fourth-order valence-electron chi connectivity index (χ4n) is 1.39. The lowest BCUT2D eigenvalue weighted by Gasteiger charge is -2.10. The molecule has 1 aromatic rings. The highest BCUT2D eigenvalue weighted by molar-refractivity contribution is 14.1. The van der Waals surface area contributed by atoms with Crippen molar-refractivity contribution in [1.29, 1.82) is 0 Å². The molecule has 1 atom stereocenters. The summed E-state index contributed by atoms with van der Waals surface area (Å²) in [5, 5.41) is 2.85. The van der Waals surface area contributed by atoms with Gasteiger partial charge in [-0.3, -0.25) is 4.79 Å². The van der Waals surface area contributed by atoms with Crippen molar-refractivity contribution in [1.82, 2.24) is 5.32 Å². The van der Waals surface area contributed by atoms with Gasteiger partial charge in [-0.05, 0) is 63.1 Å². The second kappa shape index (κ2) is 7.59. The largest absolute Gasteiger partial charge is 0.351 e. The molecular formula is C12H14BrClINO. The molecule has 0 heterocycles. The Morgan fingerprint density at radius 2 is 2.29 bits per heavy atom. The first-order valence-corrected chi connectivity index (χ1v) is 7.72. The van der Waals surface area contributed by atoms with Gasteiger partial charge in [-0.1, -0.05) is 13.3 Å². The average molecular weight is 431 g/mol. The van der Waals surface area contributed by atoms with E-state index in [9.17, 15) is 4.79 Å². The monoisotopic (exact) mass is 429 g/mol. The first kappa shape index (κ1) is 15.2. The molecule has 94 valence electrons. The molecule has 1 unspecified atom stereocenters. The van der Waals surface area contributed by atoms with Crippen LogP contribution >= 0.6 is 50.1 Å². The lowest BCUT2D eigenvalue weighted by molar-refractivity contribution is 0.0952. The van der Waals surface area contributed by atoms with E-state index in [0.717, 1.165) is 20.9 Å². The van der Waals surface area contributed by atoms with Crippen molar-refractivity contribution in [2.75, 3.05) is 6.54 Å². The van der Waals surface area contributed by atoms with E-state index in [4.69, 9.17) is 11.6 Å². The molecule has 2 nitrogen and oxygen atoms in total. The molecule has 1 amide bonds. The fraction of sp³-hybridized carbons (Fsp3) is 0.417. The summed E-state index contributed by atoms with van der Waals surface area (Å²) in [5.74, 6) is -0.0860. The van der Waals surface area contributed by atoms with Gasteiger partial charge >= 0.3 is 0 Å². The molecule has 0 aliphatic carbocycles. The number of halogens is 3. The van der Waals surface area contributed by atoms with Crippen molar-refractivity contribution >= 4 is 56.0 Å². The van der Waals surface area contributed by atoms with Gasteiger partial charge in [0, 0.05) is 14.6 Å². The number of alkyl halides is 1. The molecule has 0 aliphatic rings. The molecule has 0 radical (unpaired) electrons. The minimum absolute atomic E-state index is 0.00510. The van der Waals surface area contributed by atoms with Crippen molar-refractivity contribution in [2.24, 2.45) is 0 Å². The average Bonchev–Trinajstić information content (AvgIpc) is 2.29. The second-order valence-corrected chi connectivity index (χ2v) is 6.44. The molecule has 1 aromatic carbocycles. The van der Waals surface area contributed by atoms with Crippen LogP contribution in [0.1, 0.15) is 30.1 Å². The maximum absolute atomic E-state index is 11.9. The Kier molecular flexibility index (Phi) is 6.80. The number of hydrogen-bond donors (Lipinski definition) is 1. The van der Waals surface area contributed by atoms with E-state index < -0.39 is 0 Å². The van der Waals surface area contributed by atoms with Crippen molar-refractivity contribution in [3.8, 4) is 0 Å². The lowest BCUT2D eigenvalue weighted by Crippen LogP contribution is -2.30. The van der Waals surface area contributed by atoms with Gasteiger partial charge < -0.3 is 5.32 Å². The number of benzene rings is 1. The van der Waals surface area contributed by atoms with E-state index in [1.54, 1.807) is 0 Å². The van der Waals surface area contributed by atoms with Crippen LogP contribution < -0.4 is 5.32 Å². The van der Waals surface area contributed by atoms with Gasteiger partial charge in [0.1, 0.15) is 0 Å². The molecule has 0 aliphatic heterocycles. The maximum Gasteiger partial charge on any atom is 0.252 e. The van der Waals surface area contributed by atoms with Crippen LogP contribution in [-0.2, 0) is 0 Å². The van der Waals surface area contributed by atoms with Gasteiger partial charge in [-0.2, -0.15) is 0 Å². The minimum atomic E-state index is -0.0860. The first-order valence-electron chi connectivity index (χ1n) is 5.42. The Labute approximate surface area is 129 Å². The highest BCUT2D eigenvalue weighted by Gasteiger charge is 2.12. The van der Waals surface area contributed by atoms with E-state index in [0.29, 0.717) is 12.1 Å². The van der Waals surface area contributed by atoms with E-state index in [2.05, 4.69) is 50.8 Å². The molecule has 0 aromatic heterocycles. The Balaban J connectivity index is 2.61. The highest BCUT2D eigenvalue weighted by Crippen LogP contribution is 2.19. The molecule has 0 bridgehead atoms. The Morgan fingerprint density at radius 1 is 1.59 bits per heavy atom. The van der Waals surface area contributed by atoms with Gasteiger partial charge in [-0.15, -0.1) is 11.6 Å². The molecule has 1 N–H and O–H groups in total. The Hall–Kier alpha value is 0.190. The number of nitrogens with one attached hydrogen (secondary N) is 1. The third-order valence-corrected chi connectivity index (χ3v) is 3.99. The van der Waals surface area contributed by atoms with Crippen molar-refractivity contribution < 1.29 is 4.79 Å². The van der Waals surface area contributed by atoms with Crippen LogP contribution in [0.5, 0.6) is 0 Å². The number of amides is 1. The molecule has 17 heavy (non-hydrogen) atoms. The SMILES string of the molecule is CCCC(Cl)CNC(=O)c1cc(I)ccc1Br. The first-order chi connectivity index (χ1) is 8.04. The summed E-state index contributed by atoms with van der Waals surface area (Å²) in [6.07, 6.45) is 1.94. The fourth-order valence-corrected chi connectivity index (χ4v) is 2.60. The zero-order valence-electron chi connectivity index (χ0n) is 9.47. The van der Waals surface area contributed by atoms with Crippen molar-refractivity contribution in [3.05, 3.63) is 31.8 Å². The molecule has 0 saturated heterocycles. The Bertz CT molecular complexity index is 400. The van der Waals surface area contributed by atoms with E-state index >= 15 is 0 Å². The van der Waals surface area contributed by atoms with Crippen LogP contribution in [0.2, 0.25) is 0 Å². The lowest BCUT2D eigenvalue weighted by atomic mass is 10.2. The van der Waals surface area contributed by atoms with Crippen LogP contribution in [0.4, 0.5) is 0 Å². The molecule has 0 saturated carbocycles. The number of carbonyl (C=O) groups is 1. The topological polar surface area (TPSA) is 29.1 Å².